The Morgan fingerprint density at radius 3 is 2.52 bits per heavy atom. The molecule has 0 fully saturated rings. The second kappa shape index (κ2) is 10.6. The predicted molar refractivity (Wildman–Crippen MR) is 86.0 cm³/mol. The van der Waals surface area contributed by atoms with Crippen molar-refractivity contribution in [1.29, 1.82) is 0 Å². The minimum Gasteiger partial charge on any atom is -0.491 e. The summed E-state index contributed by atoms with van der Waals surface area (Å²) in [5.74, 6) is 0.814. The number of benzene rings is 1. The third-order valence-corrected chi connectivity index (χ3v) is 3.08. The van der Waals surface area contributed by atoms with Gasteiger partial charge in [0.1, 0.15) is 18.5 Å². The van der Waals surface area contributed by atoms with Gasteiger partial charge in [0.05, 0.1) is 6.61 Å². The van der Waals surface area contributed by atoms with Crippen LogP contribution in [0.15, 0.2) is 18.2 Å². The predicted octanol–water partition coefficient (Wildman–Crippen LogP) is 2.45. The van der Waals surface area contributed by atoms with Crippen molar-refractivity contribution in [2.75, 3.05) is 32.9 Å². The average molecular weight is 295 g/mol. The zero-order chi connectivity index (χ0) is 15.5. The molecule has 0 aliphatic rings. The van der Waals surface area contributed by atoms with Crippen molar-refractivity contribution >= 4 is 0 Å². The Balaban J connectivity index is 2.09. The van der Waals surface area contributed by atoms with Crippen molar-refractivity contribution < 1.29 is 14.6 Å². The van der Waals surface area contributed by atoms with Gasteiger partial charge in [0.15, 0.2) is 0 Å². The van der Waals surface area contributed by atoms with E-state index in [9.17, 15) is 5.11 Å². The molecule has 21 heavy (non-hydrogen) atoms. The fourth-order valence-electron chi connectivity index (χ4n) is 2.03. The summed E-state index contributed by atoms with van der Waals surface area (Å²) in [4.78, 5) is 0. The van der Waals surface area contributed by atoms with Gasteiger partial charge < -0.3 is 19.9 Å². The lowest BCUT2D eigenvalue weighted by Gasteiger charge is -2.14. The molecule has 0 aliphatic heterocycles. The molecule has 0 heterocycles. The Labute approximate surface area is 128 Å². The fourth-order valence-corrected chi connectivity index (χ4v) is 2.03. The molecule has 0 bridgehead atoms. The van der Waals surface area contributed by atoms with Gasteiger partial charge in [-0.05, 0) is 43.5 Å². The number of aliphatic hydroxyl groups is 1. The summed E-state index contributed by atoms with van der Waals surface area (Å²) >= 11 is 0. The van der Waals surface area contributed by atoms with E-state index < -0.39 is 6.10 Å². The largest absolute Gasteiger partial charge is 0.491 e. The van der Waals surface area contributed by atoms with Gasteiger partial charge in [0.2, 0.25) is 0 Å². The zero-order valence-corrected chi connectivity index (χ0v) is 13.5. The second-order valence-electron chi connectivity index (χ2n) is 5.46. The van der Waals surface area contributed by atoms with Gasteiger partial charge in [-0.3, -0.25) is 0 Å². The highest BCUT2D eigenvalue weighted by atomic mass is 16.5. The standard InChI is InChI=1S/C17H29NO3/c1-4-5-7-20-8-6-18-12-16(19)13-21-17-10-14(2)9-15(3)11-17/h9-11,16,18-19H,4-8,12-13H2,1-3H3. The van der Waals surface area contributed by atoms with Gasteiger partial charge in [-0.25, -0.2) is 0 Å². The number of nitrogens with one attached hydrogen (secondary N) is 1. The Kier molecular flexibility index (Phi) is 9.06. The molecule has 1 aromatic rings. The van der Waals surface area contributed by atoms with Gasteiger partial charge in [0.25, 0.3) is 0 Å². The highest BCUT2D eigenvalue weighted by Gasteiger charge is 2.05. The van der Waals surface area contributed by atoms with Crippen molar-refractivity contribution in [2.24, 2.45) is 0 Å². The highest BCUT2D eigenvalue weighted by molar-refractivity contribution is 5.32. The van der Waals surface area contributed by atoms with Crippen molar-refractivity contribution in [2.45, 2.75) is 39.7 Å². The monoisotopic (exact) mass is 295 g/mol. The molecule has 4 nitrogen and oxygen atoms in total. The van der Waals surface area contributed by atoms with Crippen molar-refractivity contribution in [3.63, 3.8) is 0 Å². The number of hydrogen-bond acceptors (Lipinski definition) is 4. The molecular formula is C17H29NO3. The van der Waals surface area contributed by atoms with Crippen molar-refractivity contribution in [3.05, 3.63) is 29.3 Å². The van der Waals surface area contributed by atoms with Crippen LogP contribution >= 0.6 is 0 Å². The van der Waals surface area contributed by atoms with E-state index in [1.54, 1.807) is 0 Å². The lowest BCUT2D eigenvalue weighted by Crippen LogP contribution is -2.33. The van der Waals surface area contributed by atoms with Crippen LogP contribution in [0.4, 0.5) is 0 Å². The van der Waals surface area contributed by atoms with Crippen LogP contribution in [-0.4, -0.2) is 44.1 Å². The first kappa shape index (κ1) is 18.0. The van der Waals surface area contributed by atoms with E-state index in [0.717, 1.165) is 31.7 Å². The summed E-state index contributed by atoms with van der Waals surface area (Å²) in [7, 11) is 0. The summed E-state index contributed by atoms with van der Waals surface area (Å²) in [6.45, 7) is 9.29. The Morgan fingerprint density at radius 2 is 1.86 bits per heavy atom. The first-order chi connectivity index (χ1) is 10.1. The molecule has 0 saturated carbocycles. The summed E-state index contributed by atoms with van der Waals surface area (Å²) in [5, 5.41) is 13.0. The minimum atomic E-state index is -0.513. The number of hydrogen-bond donors (Lipinski definition) is 2. The topological polar surface area (TPSA) is 50.7 Å². The molecule has 0 radical (unpaired) electrons. The van der Waals surface area contributed by atoms with Gasteiger partial charge in [-0.15, -0.1) is 0 Å². The normalized spacial score (nSPS) is 12.4. The molecule has 4 heteroatoms. The van der Waals surface area contributed by atoms with Crippen LogP contribution in [0, 0.1) is 13.8 Å². The maximum Gasteiger partial charge on any atom is 0.119 e. The number of aryl methyl sites for hydroxylation is 2. The average Bonchev–Trinajstić information content (AvgIpc) is 2.43. The number of aliphatic hydroxyl groups excluding tert-OH is 1. The molecular weight excluding hydrogens is 266 g/mol. The van der Waals surface area contributed by atoms with Gasteiger partial charge in [-0.1, -0.05) is 19.4 Å². The summed E-state index contributed by atoms with van der Waals surface area (Å²) in [6.07, 6.45) is 1.75. The molecule has 0 spiro atoms. The van der Waals surface area contributed by atoms with E-state index in [0.29, 0.717) is 19.8 Å². The summed E-state index contributed by atoms with van der Waals surface area (Å²) in [6, 6.07) is 6.06. The van der Waals surface area contributed by atoms with Crippen LogP contribution < -0.4 is 10.1 Å². The van der Waals surface area contributed by atoms with E-state index in [1.807, 2.05) is 26.0 Å². The quantitative estimate of drug-likeness (QED) is 0.616. The van der Waals surface area contributed by atoms with Crippen LogP contribution in [0.5, 0.6) is 5.75 Å². The van der Waals surface area contributed by atoms with E-state index in [4.69, 9.17) is 9.47 Å². The molecule has 0 aliphatic carbocycles. The minimum absolute atomic E-state index is 0.298. The molecule has 1 atom stereocenters. The molecule has 0 saturated heterocycles. The lowest BCUT2D eigenvalue weighted by molar-refractivity contribution is 0.0981. The molecule has 1 aromatic carbocycles. The Morgan fingerprint density at radius 1 is 1.14 bits per heavy atom. The van der Waals surface area contributed by atoms with Gasteiger partial charge in [0, 0.05) is 19.7 Å². The van der Waals surface area contributed by atoms with Gasteiger partial charge >= 0.3 is 0 Å². The number of rotatable bonds is 11. The molecule has 1 rings (SSSR count). The van der Waals surface area contributed by atoms with Crippen LogP contribution in [0.1, 0.15) is 30.9 Å². The molecule has 2 N–H and O–H groups in total. The van der Waals surface area contributed by atoms with E-state index in [1.165, 1.54) is 11.1 Å². The first-order valence-corrected chi connectivity index (χ1v) is 7.79. The second-order valence-corrected chi connectivity index (χ2v) is 5.46. The number of unbranched alkanes of at least 4 members (excludes halogenated alkanes) is 1. The highest BCUT2D eigenvalue weighted by Crippen LogP contribution is 2.16. The summed E-state index contributed by atoms with van der Waals surface area (Å²) < 4.78 is 11.1. The Hall–Kier alpha value is -1.10. The maximum absolute atomic E-state index is 9.86. The SMILES string of the molecule is CCCCOCCNCC(O)COc1cc(C)cc(C)c1. The van der Waals surface area contributed by atoms with E-state index in [2.05, 4.69) is 18.3 Å². The zero-order valence-electron chi connectivity index (χ0n) is 13.5. The third-order valence-electron chi connectivity index (χ3n) is 3.08. The molecule has 120 valence electrons. The third kappa shape index (κ3) is 8.71. The van der Waals surface area contributed by atoms with Crippen LogP contribution in [0.2, 0.25) is 0 Å². The summed E-state index contributed by atoms with van der Waals surface area (Å²) in [5.41, 5.74) is 2.34. The maximum atomic E-state index is 9.86. The molecule has 1 unspecified atom stereocenters. The van der Waals surface area contributed by atoms with Gasteiger partial charge in [-0.2, -0.15) is 0 Å². The fraction of sp³-hybridized carbons (Fsp3) is 0.647. The van der Waals surface area contributed by atoms with Crippen LogP contribution in [-0.2, 0) is 4.74 Å². The van der Waals surface area contributed by atoms with Crippen LogP contribution in [0.25, 0.3) is 0 Å². The lowest BCUT2D eigenvalue weighted by atomic mass is 10.1. The van der Waals surface area contributed by atoms with Crippen molar-refractivity contribution in [1.82, 2.24) is 5.32 Å². The van der Waals surface area contributed by atoms with E-state index in [-0.39, 0.29) is 0 Å². The Bertz CT molecular complexity index is 375. The van der Waals surface area contributed by atoms with Crippen molar-refractivity contribution in [3.8, 4) is 5.75 Å². The molecule has 0 amide bonds. The van der Waals surface area contributed by atoms with Crippen LogP contribution in [0.3, 0.4) is 0 Å². The first-order valence-electron chi connectivity index (χ1n) is 7.79. The van der Waals surface area contributed by atoms with E-state index >= 15 is 0 Å². The number of ether oxygens (including phenoxy) is 2. The smallest absolute Gasteiger partial charge is 0.119 e. The molecule has 0 aromatic heterocycles.